The van der Waals surface area contributed by atoms with Crippen LogP contribution in [0.25, 0.3) is 6.08 Å². The molecule has 0 spiro atoms. The number of aliphatic hydroxyl groups is 1. The van der Waals surface area contributed by atoms with Crippen molar-refractivity contribution < 1.29 is 19.1 Å². The molecule has 0 bridgehead atoms. The fraction of sp³-hybridized carbons (Fsp3) is 0.552. The summed E-state index contributed by atoms with van der Waals surface area (Å²) >= 11 is 0. The molecule has 2 aromatic rings. The Balaban J connectivity index is 1.50. The highest BCUT2D eigenvalue weighted by Crippen LogP contribution is 2.67. The Kier molecular flexibility index (Phi) is 5.36. The molecule has 6 unspecified atom stereocenters. The van der Waals surface area contributed by atoms with Crippen LogP contribution in [0.5, 0.6) is 0 Å². The Morgan fingerprint density at radius 3 is 2.67 bits per heavy atom. The van der Waals surface area contributed by atoms with Gasteiger partial charge in [0.15, 0.2) is 0 Å². The predicted octanol–water partition coefficient (Wildman–Crippen LogP) is 6.15. The van der Waals surface area contributed by atoms with E-state index in [-0.39, 0.29) is 16.8 Å². The van der Waals surface area contributed by atoms with Crippen LogP contribution in [0.4, 0.5) is 0 Å². The minimum absolute atomic E-state index is 0.297. The Morgan fingerprint density at radius 2 is 1.91 bits per heavy atom. The highest BCUT2D eigenvalue weighted by Gasteiger charge is 2.70. The lowest BCUT2D eigenvalue weighted by molar-refractivity contribution is -0.289. The number of carbonyl (C=O) groups is 1. The van der Waals surface area contributed by atoms with Gasteiger partial charge in [-0.15, -0.1) is 0 Å². The average Bonchev–Trinajstić information content (AvgIpc) is 3.26. The summed E-state index contributed by atoms with van der Waals surface area (Å²) < 4.78 is 12.0. The standard InChI is InChI=1S/C29H36O4/c1-19-21-13-16-32-24(21)18-23-22(19)17-25(29(31)27(2,3)14-8-15-28(23,29)4)33-26(30)12-11-20-9-6-5-7-10-20/h5-7,9-13,16,19,22-23,25,31H,8,14-15,17-18H2,1-4H3. The van der Waals surface area contributed by atoms with Crippen LogP contribution >= 0.6 is 0 Å². The van der Waals surface area contributed by atoms with E-state index in [1.807, 2.05) is 30.3 Å². The normalized spacial score (nSPS) is 37.1. The van der Waals surface area contributed by atoms with Gasteiger partial charge in [-0.3, -0.25) is 0 Å². The summed E-state index contributed by atoms with van der Waals surface area (Å²) in [6.07, 6.45) is 8.99. The molecule has 1 N–H and O–H groups in total. The van der Waals surface area contributed by atoms with Crippen molar-refractivity contribution in [2.45, 2.75) is 77.4 Å². The van der Waals surface area contributed by atoms with Gasteiger partial charge in [0.2, 0.25) is 0 Å². The molecule has 2 saturated carbocycles. The third-order valence-corrected chi connectivity index (χ3v) is 9.48. The van der Waals surface area contributed by atoms with Gasteiger partial charge in [-0.25, -0.2) is 4.79 Å². The molecule has 0 aliphatic heterocycles. The third-order valence-electron chi connectivity index (χ3n) is 9.48. The number of hydrogen-bond acceptors (Lipinski definition) is 4. The lowest BCUT2D eigenvalue weighted by Crippen LogP contribution is -2.72. The van der Waals surface area contributed by atoms with Gasteiger partial charge in [0.25, 0.3) is 0 Å². The molecule has 33 heavy (non-hydrogen) atoms. The first kappa shape index (κ1) is 22.5. The topological polar surface area (TPSA) is 59.7 Å². The largest absolute Gasteiger partial charge is 0.469 e. The van der Waals surface area contributed by atoms with Gasteiger partial charge in [-0.2, -0.15) is 0 Å². The van der Waals surface area contributed by atoms with Gasteiger partial charge in [0.05, 0.1) is 6.26 Å². The molecule has 4 nitrogen and oxygen atoms in total. The molecule has 2 fully saturated rings. The van der Waals surface area contributed by atoms with E-state index < -0.39 is 11.7 Å². The quantitative estimate of drug-likeness (QED) is 0.452. The van der Waals surface area contributed by atoms with Crippen LogP contribution in [-0.2, 0) is 16.0 Å². The van der Waals surface area contributed by atoms with Gasteiger partial charge in [0, 0.05) is 17.9 Å². The van der Waals surface area contributed by atoms with E-state index in [1.54, 1.807) is 12.3 Å². The number of esters is 1. The Morgan fingerprint density at radius 1 is 1.15 bits per heavy atom. The number of ether oxygens (including phenoxy) is 1. The summed E-state index contributed by atoms with van der Waals surface area (Å²) in [4.78, 5) is 13.0. The first-order valence-electron chi connectivity index (χ1n) is 12.4. The molecular formula is C29H36O4. The van der Waals surface area contributed by atoms with Crippen molar-refractivity contribution in [3.05, 3.63) is 65.6 Å². The van der Waals surface area contributed by atoms with Gasteiger partial charge in [0.1, 0.15) is 17.5 Å². The second-order valence-corrected chi connectivity index (χ2v) is 11.4. The molecule has 3 aliphatic rings. The van der Waals surface area contributed by atoms with E-state index in [2.05, 4.69) is 33.8 Å². The first-order chi connectivity index (χ1) is 15.7. The van der Waals surface area contributed by atoms with Crippen molar-refractivity contribution in [3.8, 4) is 0 Å². The van der Waals surface area contributed by atoms with Crippen molar-refractivity contribution in [1.82, 2.24) is 0 Å². The molecule has 1 heterocycles. The van der Waals surface area contributed by atoms with Crippen LogP contribution in [0.3, 0.4) is 0 Å². The summed E-state index contributed by atoms with van der Waals surface area (Å²) in [5.41, 5.74) is 0.415. The lowest BCUT2D eigenvalue weighted by Gasteiger charge is -2.67. The Bertz CT molecular complexity index is 1050. The molecular weight excluding hydrogens is 412 g/mol. The van der Waals surface area contributed by atoms with Crippen molar-refractivity contribution in [1.29, 1.82) is 0 Å². The van der Waals surface area contributed by atoms with Gasteiger partial charge < -0.3 is 14.3 Å². The predicted molar refractivity (Wildman–Crippen MR) is 128 cm³/mol. The van der Waals surface area contributed by atoms with Crippen LogP contribution in [0.1, 0.15) is 76.2 Å². The van der Waals surface area contributed by atoms with Crippen molar-refractivity contribution in [2.24, 2.45) is 22.7 Å². The highest BCUT2D eigenvalue weighted by atomic mass is 16.6. The molecule has 3 aliphatic carbocycles. The van der Waals surface area contributed by atoms with Crippen LogP contribution in [0.2, 0.25) is 0 Å². The summed E-state index contributed by atoms with van der Waals surface area (Å²) in [6.45, 7) is 8.80. The zero-order valence-electron chi connectivity index (χ0n) is 20.2. The molecule has 0 radical (unpaired) electrons. The molecule has 0 saturated heterocycles. The maximum absolute atomic E-state index is 13.0. The summed E-state index contributed by atoms with van der Waals surface area (Å²) in [7, 11) is 0. The summed E-state index contributed by atoms with van der Waals surface area (Å²) in [6, 6.07) is 11.8. The number of hydrogen-bond donors (Lipinski definition) is 1. The smallest absolute Gasteiger partial charge is 0.331 e. The number of furan rings is 1. The summed E-state index contributed by atoms with van der Waals surface area (Å²) in [5, 5.41) is 12.6. The zero-order chi connectivity index (χ0) is 23.4. The van der Waals surface area contributed by atoms with E-state index >= 15 is 0 Å². The molecule has 176 valence electrons. The minimum Gasteiger partial charge on any atom is -0.469 e. The second-order valence-electron chi connectivity index (χ2n) is 11.4. The van der Waals surface area contributed by atoms with Crippen molar-refractivity contribution >= 4 is 12.0 Å². The van der Waals surface area contributed by atoms with Crippen molar-refractivity contribution in [3.63, 3.8) is 0 Å². The van der Waals surface area contributed by atoms with Crippen LogP contribution < -0.4 is 0 Å². The first-order valence-corrected chi connectivity index (χ1v) is 12.4. The van der Waals surface area contributed by atoms with E-state index in [1.165, 1.54) is 11.6 Å². The van der Waals surface area contributed by atoms with E-state index in [4.69, 9.17) is 9.15 Å². The maximum atomic E-state index is 13.0. The van der Waals surface area contributed by atoms with Crippen LogP contribution in [-0.4, -0.2) is 22.8 Å². The van der Waals surface area contributed by atoms with Gasteiger partial charge in [-0.1, -0.05) is 64.4 Å². The molecule has 1 aromatic heterocycles. The average molecular weight is 449 g/mol. The van der Waals surface area contributed by atoms with Gasteiger partial charge in [-0.05, 0) is 65.7 Å². The highest BCUT2D eigenvalue weighted by molar-refractivity contribution is 5.87. The van der Waals surface area contributed by atoms with Crippen molar-refractivity contribution in [2.75, 3.05) is 0 Å². The molecule has 0 amide bonds. The second kappa shape index (κ2) is 7.87. The summed E-state index contributed by atoms with van der Waals surface area (Å²) in [5.74, 6) is 1.63. The Labute approximate surface area is 197 Å². The minimum atomic E-state index is -1.10. The maximum Gasteiger partial charge on any atom is 0.331 e. The molecule has 4 heteroatoms. The fourth-order valence-electron chi connectivity index (χ4n) is 7.70. The van der Waals surface area contributed by atoms with E-state index in [0.29, 0.717) is 24.2 Å². The van der Waals surface area contributed by atoms with E-state index in [0.717, 1.165) is 37.0 Å². The zero-order valence-corrected chi connectivity index (χ0v) is 20.2. The monoisotopic (exact) mass is 448 g/mol. The number of fused-ring (bicyclic) bond motifs is 4. The Hall–Kier alpha value is -2.33. The molecule has 5 rings (SSSR count). The van der Waals surface area contributed by atoms with Crippen LogP contribution in [0.15, 0.2) is 53.2 Å². The number of benzene rings is 1. The number of rotatable bonds is 3. The SMILES string of the molecule is CC1c2ccoc2CC2C1CC(OC(=O)C=Cc1ccccc1)C1(O)C(C)(C)CCCC21C. The molecule has 1 aromatic carbocycles. The molecule has 6 atom stereocenters. The van der Waals surface area contributed by atoms with Gasteiger partial charge >= 0.3 is 5.97 Å². The number of carbonyl (C=O) groups excluding carboxylic acids is 1. The van der Waals surface area contributed by atoms with Crippen LogP contribution in [0, 0.1) is 22.7 Å². The fourth-order valence-corrected chi connectivity index (χ4v) is 7.70. The lowest BCUT2D eigenvalue weighted by atomic mass is 9.40. The van der Waals surface area contributed by atoms with E-state index in [9.17, 15) is 9.90 Å². The third kappa shape index (κ3) is 3.32.